The maximum Gasteiger partial charge on any atom is 0.164 e. The molecule has 1 aromatic rings. The fraction of sp³-hybridized carbons (Fsp3) is 0.200. The van der Waals surface area contributed by atoms with Gasteiger partial charge in [-0.15, -0.1) is 12.6 Å². The minimum atomic E-state index is 0.0383. The number of alkyl halides is 1. The molecule has 0 saturated carbocycles. The molecule has 0 N–H and O–H groups in total. The Morgan fingerprint density at radius 3 is 2.79 bits per heavy atom. The molecule has 0 aliphatic carbocycles. The summed E-state index contributed by atoms with van der Waals surface area (Å²) in [5.74, 6) is 0.0383. The zero-order valence-corrected chi connectivity index (χ0v) is 9.81. The van der Waals surface area contributed by atoms with Crippen LogP contribution in [0.3, 0.4) is 0 Å². The SMILES string of the molecule is N#Cc1ccc(C(=O)CCBr)c(S)c1. The van der Waals surface area contributed by atoms with Gasteiger partial charge in [0.1, 0.15) is 0 Å². The van der Waals surface area contributed by atoms with Crippen LogP contribution in [0.1, 0.15) is 22.3 Å². The molecule has 72 valence electrons. The minimum Gasteiger partial charge on any atom is -0.294 e. The van der Waals surface area contributed by atoms with Crippen LogP contribution in [0.5, 0.6) is 0 Å². The lowest BCUT2D eigenvalue weighted by Gasteiger charge is -2.02. The van der Waals surface area contributed by atoms with Crippen LogP contribution in [0, 0.1) is 11.3 Å². The largest absolute Gasteiger partial charge is 0.294 e. The minimum absolute atomic E-state index is 0.0383. The molecule has 0 bridgehead atoms. The summed E-state index contributed by atoms with van der Waals surface area (Å²) in [5.41, 5.74) is 1.09. The Bertz CT molecular complexity index is 398. The lowest BCUT2D eigenvalue weighted by atomic mass is 10.1. The summed E-state index contributed by atoms with van der Waals surface area (Å²) in [6, 6.07) is 6.87. The van der Waals surface area contributed by atoms with Crippen molar-refractivity contribution in [1.82, 2.24) is 0 Å². The van der Waals surface area contributed by atoms with E-state index in [2.05, 4.69) is 28.6 Å². The highest BCUT2D eigenvalue weighted by molar-refractivity contribution is 9.09. The Morgan fingerprint density at radius 2 is 2.29 bits per heavy atom. The van der Waals surface area contributed by atoms with Crippen molar-refractivity contribution in [3.05, 3.63) is 29.3 Å². The summed E-state index contributed by atoms with van der Waals surface area (Å²) in [4.78, 5) is 12.1. The van der Waals surface area contributed by atoms with Crippen molar-refractivity contribution in [2.75, 3.05) is 5.33 Å². The van der Waals surface area contributed by atoms with Gasteiger partial charge in [0.2, 0.25) is 0 Å². The monoisotopic (exact) mass is 269 g/mol. The van der Waals surface area contributed by atoms with E-state index < -0.39 is 0 Å². The number of ketones is 1. The van der Waals surface area contributed by atoms with Crippen LogP contribution < -0.4 is 0 Å². The van der Waals surface area contributed by atoms with Gasteiger partial charge in [-0.3, -0.25) is 4.79 Å². The zero-order chi connectivity index (χ0) is 10.6. The first-order valence-electron chi connectivity index (χ1n) is 4.01. The fourth-order valence-electron chi connectivity index (χ4n) is 1.06. The topological polar surface area (TPSA) is 40.9 Å². The van der Waals surface area contributed by atoms with Crippen LogP contribution in [-0.4, -0.2) is 11.1 Å². The normalized spacial score (nSPS) is 9.50. The molecule has 0 heterocycles. The molecule has 14 heavy (non-hydrogen) atoms. The van der Waals surface area contributed by atoms with E-state index in [1.54, 1.807) is 18.2 Å². The summed E-state index contributed by atoms with van der Waals surface area (Å²) in [7, 11) is 0. The number of carbonyl (C=O) groups is 1. The van der Waals surface area contributed by atoms with E-state index in [4.69, 9.17) is 5.26 Å². The molecule has 1 rings (SSSR count). The zero-order valence-electron chi connectivity index (χ0n) is 7.33. The van der Waals surface area contributed by atoms with Gasteiger partial charge in [0.25, 0.3) is 0 Å². The van der Waals surface area contributed by atoms with E-state index in [1.165, 1.54) is 0 Å². The summed E-state index contributed by atoms with van der Waals surface area (Å²) in [5, 5.41) is 9.26. The molecule has 0 aliphatic rings. The Morgan fingerprint density at radius 1 is 1.57 bits per heavy atom. The van der Waals surface area contributed by atoms with Gasteiger partial charge in [-0.05, 0) is 18.2 Å². The van der Waals surface area contributed by atoms with Crippen molar-refractivity contribution in [2.45, 2.75) is 11.3 Å². The number of carbonyl (C=O) groups excluding carboxylic acids is 1. The molecular weight excluding hydrogens is 262 g/mol. The molecular formula is C10H8BrNOS. The van der Waals surface area contributed by atoms with Crippen LogP contribution in [-0.2, 0) is 0 Å². The molecule has 1 aromatic carbocycles. The second kappa shape index (κ2) is 5.18. The molecule has 0 atom stereocenters. The molecule has 0 aromatic heterocycles. The number of halogens is 1. The molecule has 2 nitrogen and oxygen atoms in total. The summed E-state index contributed by atoms with van der Waals surface area (Å²) in [6.45, 7) is 0. The third-order valence-corrected chi connectivity index (χ3v) is 2.52. The Hall–Kier alpha value is -0.790. The Kier molecular flexibility index (Phi) is 4.18. The fourth-order valence-corrected chi connectivity index (χ4v) is 1.76. The lowest BCUT2D eigenvalue weighted by Crippen LogP contribution is -2.01. The lowest BCUT2D eigenvalue weighted by molar-refractivity contribution is 0.0987. The van der Waals surface area contributed by atoms with Crippen molar-refractivity contribution in [3.63, 3.8) is 0 Å². The van der Waals surface area contributed by atoms with E-state index >= 15 is 0 Å². The molecule has 0 spiro atoms. The van der Waals surface area contributed by atoms with E-state index in [-0.39, 0.29) is 5.78 Å². The van der Waals surface area contributed by atoms with Crippen LogP contribution >= 0.6 is 28.6 Å². The number of nitrogens with zero attached hydrogens (tertiary/aromatic N) is 1. The van der Waals surface area contributed by atoms with E-state index in [9.17, 15) is 4.79 Å². The Balaban J connectivity index is 3.01. The van der Waals surface area contributed by atoms with E-state index in [0.29, 0.717) is 27.8 Å². The molecule has 0 amide bonds. The van der Waals surface area contributed by atoms with Crippen molar-refractivity contribution in [3.8, 4) is 6.07 Å². The van der Waals surface area contributed by atoms with Gasteiger partial charge in [0, 0.05) is 22.2 Å². The van der Waals surface area contributed by atoms with Crippen molar-refractivity contribution < 1.29 is 4.79 Å². The van der Waals surface area contributed by atoms with Gasteiger partial charge < -0.3 is 0 Å². The molecule has 0 fully saturated rings. The number of nitriles is 1. The van der Waals surface area contributed by atoms with Gasteiger partial charge in [0.15, 0.2) is 5.78 Å². The first kappa shape index (κ1) is 11.3. The number of Topliss-reactive ketones (excluding diaryl/α,β-unsaturated/α-hetero) is 1. The number of rotatable bonds is 3. The van der Waals surface area contributed by atoms with Gasteiger partial charge in [0.05, 0.1) is 11.6 Å². The standard InChI is InChI=1S/C10H8BrNOS/c11-4-3-9(13)8-2-1-7(6-12)5-10(8)14/h1-2,5,14H,3-4H2. The third kappa shape index (κ3) is 2.60. The summed E-state index contributed by atoms with van der Waals surface area (Å²) < 4.78 is 0. The Labute approximate surface area is 96.5 Å². The molecule has 4 heteroatoms. The maximum atomic E-state index is 11.5. The predicted molar refractivity (Wildman–Crippen MR) is 61.2 cm³/mol. The number of benzene rings is 1. The van der Waals surface area contributed by atoms with Crippen LogP contribution in [0.4, 0.5) is 0 Å². The third-order valence-electron chi connectivity index (χ3n) is 1.75. The summed E-state index contributed by atoms with van der Waals surface area (Å²) in [6.07, 6.45) is 0.444. The second-order valence-corrected chi connectivity index (χ2v) is 3.98. The quantitative estimate of drug-likeness (QED) is 0.521. The molecule has 0 unspecified atom stereocenters. The maximum absolute atomic E-state index is 11.5. The van der Waals surface area contributed by atoms with Gasteiger partial charge in [-0.1, -0.05) is 15.9 Å². The van der Waals surface area contributed by atoms with Crippen molar-refractivity contribution in [1.29, 1.82) is 5.26 Å². The summed E-state index contributed by atoms with van der Waals surface area (Å²) >= 11 is 7.37. The van der Waals surface area contributed by atoms with E-state index in [1.807, 2.05) is 6.07 Å². The van der Waals surface area contributed by atoms with Crippen molar-refractivity contribution >= 4 is 34.3 Å². The number of thiol groups is 1. The van der Waals surface area contributed by atoms with Gasteiger partial charge in [-0.25, -0.2) is 0 Å². The first-order valence-corrected chi connectivity index (χ1v) is 5.58. The number of hydrogen-bond acceptors (Lipinski definition) is 3. The number of hydrogen-bond donors (Lipinski definition) is 1. The van der Waals surface area contributed by atoms with E-state index in [0.717, 1.165) is 0 Å². The molecule has 0 radical (unpaired) electrons. The highest BCUT2D eigenvalue weighted by atomic mass is 79.9. The average Bonchev–Trinajstić information content (AvgIpc) is 2.17. The first-order chi connectivity index (χ1) is 6.69. The second-order valence-electron chi connectivity index (χ2n) is 2.71. The van der Waals surface area contributed by atoms with Crippen LogP contribution in [0.2, 0.25) is 0 Å². The highest BCUT2D eigenvalue weighted by Crippen LogP contribution is 2.17. The molecule has 0 saturated heterocycles. The van der Waals surface area contributed by atoms with Gasteiger partial charge in [-0.2, -0.15) is 5.26 Å². The van der Waals surface area contributed by atoms with Crippen LogP contribution in [0.15, 0.2) is 23.1 Å². The molecule has 0 aliphatic heterocycles. The predicted octanol–water partition coefficient (Wildman–Crippen LogP) is 2.81. The van der Waals surface area contributed by atoms with Gasteiger partial charge >= 0.3 is 0 Å². The highest BCUT2D eigenvalue weighted by Gasteiger charge is 2.08. The van der Waals surface area contributed by atoms with Crippen molar-refractivity contribution in [2.24, 2.45) is 0 Å². The average molecular weight is 270 g/mol. The van der Waals surface area contributed by atoms with Crippen LogP contribution in [0.25, 0.3) is 0 Å². The smallest absolute Gasteiger partial charge is 0.164 e.